The van der Waals surface area contributed by atoms with E-state index in [1.165, 1.54) is 0 Å². The first kappa shape index (κ1) is 18.7. The van der Waals surface area contributed by atoms with Gasteiger partial charge in [0.25, 0.3) is 0 Å². The van der Waals surface area contributed by atoms with Gasteiger partial charge in [0.1, 0.15) is 11.8 Å². The summed E-state index contributed by atoms with van der Waals surface area (Å²) in [7, 11) is 0. The van der Waals surface area contributed by atoms with Gasteiger partial charge in [-0.3, -0.25) is 0 Å². The van der Waals surface area contributed by atoms with Crippen LogP contribution in [-0.2, 0) is 14.3 Å². The molecule has 1 aliphatic rings. The summed E-state index contributed by atoms with van der Waals surface area (Å²) in [4.78, 5) is 40.0. The molecule has 0 fully saturated rings. The molecule has 8 nitrogen and oxygen atoms in total. The van der Waals surface area contributed by atoms with E-state index >= 15 is 0 Å². The predicted octanol–water partition coefficient (Wildman–Crippen LogP) is 2.17. The number of amides is 2. The Hall–Kier alpha value is -3.13. The maximum Gasteiger partial charge on any atom is 0.338 e. The number of aromatic nitrogens is 1. The zero-order valence-corrected chi connectivity index (χ0v) is 15.1. The van der Waals surface area contributed by atoms with E-state index in [0.717, 1.165) is 5.39 Å². The molecular weight excluding hydrogens is 374 g/mol. The summed E-state index contributed by atoms with van der Waals surface area (Å²) < 4.78 is 10.2. The van der Waals surface area contributed by atoms with Crippen molar-refractivity contribution in [3.05, 3.63) is 52.3 Å². The summed E-state index contributed by atoms with van der Waals surface area (Å²) in [6.07, 6.45) is 0. The molecule has 0 atom stereocenters. The number of esters is 2. The van der Waals surface area contributed by atoms with Crippen LogP contribution in [0.4, 0.5) is 4.79 Å². The lowest BCUT2D eigenvalue weighted by Gasteiger charge is -2.21. The van der Waals surface area contributed by atoms with Gasteiger partial charge >= 0.3 is 18.0 Å². The number of hydrogen-bond donors (Lipinski definition) is 2. The van der Waals surface area contributed by atoms with E-state index in [-0.39, 0.29) is 31.0 Å². The third-order valence-corrected chi connectivity index (χ3v) is 4.03. The van der Waals surface area contributed by atoms with Gasteiger partial charge in [-0.1, -0.05) is 11.6 Å². The average Bonchev–Trinajstić information content (AvgIpc) is 2.65. The molecule has 1 aromatic heterocycles. The number of hydrogen-bond acceptors (Lipinski definition) is 6. The van der Waals surface area contributed by atoms with Crippen LogP contribution in [0.15, 0.2) is 41.6 Å². The Morgan fingerprint density at radius 3 is 2.78 bits per heavy atom. The molecule has 0 spiro atoms. The highest BCUT2D eigenvalue weighted by atomic mass is 35.5. The van der Waals surface area contributed by atoms with Gasteiger partial charge in [0.2, 0.25) is 0 Å². The number of fused-ring (bicyclic) bond motifs is 1. The lowest BCUT2D eigenvalue weighted by molar-refractivity contribution is -0.138. The SMILES string of the molecule is CCOC(=O)C1=C(COC(=O)c2ccc3nc(Cl)ccc3c2)NC(=O)NC1. The van der Waals surface area contributed by atoms with Crippen LogP contribution in [0.25, 0.3) is 10.9 Å². The molecule has 27 heavy (non-hydrogen) atoms. The number of pyridine rings is 1. The minimum Gasteiger partial charge on any atom is -0.463 e. The van der Waals surface area contributed by atoms with Crippen molar-refractivity contribution in [3.8, 4) is 0 Å². The van der Waals surface area contributed by atoms with Crippen molar-refractivity contribution < 1.29 is 23.9 Å². The van der Waals surface area contributed by atoms with Crippen LogP contribution in [0.2, 0.25) is 5.15 Å². The van der Waals surface area contributed by atoms with Crippen LogP contribution < -0.4 is 10.6 Å². The predicted molar refractivity (Wildman–Crippen MR) is 97.2 cm³/mol. The molecule has 0 aliphatic carbocycles. The molecule has 2 amide bonds. The van der Waals surface area contributed by atoms with Crippen molar-refractivity contribution in [2.45, 2.75) is 6.92 Å². The highest BCUT2D eigenvalue weighted by Gasteiger charge is 2.24. The normalized spacial score (nSPS) is 13.8. The lowest BCUT2D eigenvalue weighted by Crippen LogP contribution is -2.45. The molecule has 0 saturated carbocycles. The minimum atomic E-state index is -0.602. The number of nitrogens with one attached hydrogen (secondary N) is 2. The quantitative estimate of drug-likeness (QED) is 0.599. The third-order valence-electron chi connectivity index (χ3n) is 3.81. The largest absolute Gasteiger partial charge is 0.463 e. The molecule has 140 valence electrons. The first-order valence-corrected chi connectivity index (χ1v) is 8.53. The molecule has 2 N–H and O–H groups in total. The van der Waals surface area contributed by atoms with E-state index in [9.17, 15) is 14.4 Å². The van der Waals surface area contributed by atoms with Crippen molar-refractivity contribution in [2.75, 3.05) is 19.8 Å². The lowest BCUT2D eigenvalue weighted by atomic mass is 10.1. The molecule has 3 rings (SSSR count). The van der Waals surface area contributed by atoms with Gasteiger partial charge in [-0.15, -0.1) is 0 Å². The molecule has 1 aliphatic heterocycles. The third kappa shape index (κ3) is 4.35. The number of halogens is 1. The van der Waals surface area contributed by atoms with Gasteiger partial charge in [0, 0.05) is 5.39 Å². The van der Waals surface area contributed by atoms with Crippen molar-refractivity contribution in [3.63, 3.8) is 0 Å². The Morgan fingerprint density at radius 1 is 1.19 bits per heavy atom. The summed E-state index contributed by atoms with van der Waals surface area (Å²) >= 11 is 5.85. The Bertz CT molecular complexity index is 957. The van der Waals surface area contributed by atoms with Crippen molar-refractivity contribution in [1.29, 1.82) is 0 Å². The monoisotopic (exact) mass is 389 g/mol. The summed E-state index contributed by atoms with van der Waals surface area (Å²) in [6, 6.07) is 7.74. The van der Waals surface area contributed by atoms with E-state index in [1.807, 2.05) is 0 Å². The number of urea groups is 1. The second-order valence-electron chi connectivity index (χ2n) is 5.60. The number of ether oxygens (including phenoxy) is 2. The Morgan fingerprint density at radius 2 is 2.00 bits per heavy atom. The van der Waals surface area contributed by atoms with Crippen molar-refractivity contribution in [1.82, 2.24) is 15.6 Å². The Balaban J connectivity index is 1.76. The molecule has 0 saturated heterocycles. The van der Waals surface area contributed by atoms with Crippen LogP contribution in [0.5, 0.6) is 0 Å². The fourth-order valence-corrected chi connectivity index (χ4v) is 2.67. The second-order valence-corrected chi connectivity index (χ2v) is 5.99. The zero-order valence-electron chi connectivity index (χ0n) is 14.4. The molecule has 0 bridgehead atoms. The molecule has 2 aromatic rings. The van der Waals surface area contributed by atoms with E-state index in [4.69, 9.17) is 21.1 Å². The molecular formula is C18H16ClN3O5. The van der Waals surface area contributed by atoms with Crippen LogP contribution in [0.1, 0.15) is 17.3 Å². The zero-order chi connectivity index (χ0) is 19.4. The van der Waals surface area contributed by atoms with Crippen molar-refractivity contribution >= 4 is 40.5 Å². The second kappa shape index (κ2) is 8.05. The molecule has 0 unspecified atom stereocenters. The van der Waals surface area contributed by atoms with E-state index < -0.39 is 18.0 Å². The average molecular weight is 390 g/mol. The van der Waals surface area contributed by atoms with Gasteiger partial charge in [-0.05, 0) is 37.3 Å². The fraction of sp³-hybridized carbons (Fsp3) is 0.222. The number of carbonyl (C=O) groups excluding carboxylic acids is 3. The smallest absolute Gasteiger partial charge is 0.338 e. The first-order chi connectivity index (χ1) is 13.0. The van der Waals surface area contributed by atoms with Crippen LogP contribution in [0.3, 0.4) is 0 Å². The van der Waals surface area contributed by atoms with Gasteiger partial charge in [0.15, 0.2) is 0 Å². The van der Waals surface area contributed by atoms with Crippen LogP contribution in [-0.4, -0.2) is 42.7 Å². The summed E-state index contributed by atoms with van der Waals surface area (Å²) in [5.74, 6) is -1.18. The maximum absolute atomic E-state index is 12.3. The standard InChI is InChI=1S/C18H16ClN3O5/c1-2-26-17(24)12-8-20-18(25)22-14(12)9-27-16(23)11-3-5-13-10(7-11)4-6-15(19)21-13/h3-7H,2,8-9H2,1H3,(H2,20,22,25). The number of rotatable bonds is 5. The summed E-state index contributed by atoms with van der Waals surface area (Å²) in [6.45, 7) is 1.60. The van der Waals surface area contributed by atoms with Crippen LogP contribution >= 0.6 is 11.6 Å². The summed E-state index contributed by atoms with van der Waals surface area (Å²) in [5, 5.41) is 6.04. The summed E-state index contributed by atoms with van der Waals surface area (Å²) in [5.41, 5.74) is 1.36. The molecule has 0 radical (unpaired) electrons. The van der Waals surface area contributed by atoms with E-state index in [2.05, 4.69) is 15.6 Å². The number of nitrogens with zero attached hydrogens (tertiary/aromatic N) is 1. The molecule has 2 heterocycles. The first-order valence-electron chi connectivity index (χ1n) is 8.15. The highest BCUT2D eigenvalue weighted by Crippen LogP contribution is 2.18. The maximum atomic E-state index is 12.3. The van der Waals surface area contributed by atoms with E-state index in [0.29, 0.717) is 16.2 Å². The molecule has 1 aromatic carbocycles. The molecule has 9 heteroatoms. The highest BCUT2D eigenvalue weighted by molar-refractivity contribution is 6.29. The van der Waals surface area contributed by atoms with E-state index in [1.54, 1.807) is 37.3 Å². The number of benzene rings is 1. The minimum absolute atomic E-state index is 0.0000458. The van der Waals surface area contributed by atoms with Gasteiger partial charge in [-0.2, -0.15) is 0 Å². The van der Waals surface area contributed by atoms with Gasteiger partial charge in [-0.25, -0.2) is 19.4 Å². The Labute approximate surface area is 159 Å². The van der Waals surface area contributed by atoms with Crippen LogP contribution in [0, 0.1) is 0 Å². The fourth-order valence-electron chi connectivity index (χ4n) is 2.52. The number of carbonyl (C=O) groups is 3. The van der Waals surface area contributed by atoms with Crippen molar-refractivity contribution in [2.24, 2.45) is 0 Å². The van der Waals surface area contributed by atoms with Gasteiger partial charge < -0.3 is 20.1 Å². The Kier molecular flexibility index (Phi) is 5.56. The van der Waals surface area contributed by atoms with Gasteiger partial charge in [0.05, 0.1) is 35.5 Å². The topological polar surface area (TPSA) is 107 Å².